The highest BCUT2D eigenvalue weighted by Gasteiger charge is 1.98. The molecular formula is C11H7FN4. The standard InChI is InChI=1S/C11H7FN4/c12-8-1-3-9(4-2-8)14-11-6-5-10(7-13)15-16-11/h1-6H,(H,14,16). The zero-order valence-electron chi connectivity index (χ0n) is 8.18. The van der Waals surface area contributed by atoms with E-state index in [1.54, 1.807) is 24.3 Å². The Morgan fingerprint density at radius 1 is 1.06 bits per heavy atom. The molecule has 0 bridgehead atoms. The van der Waals surface area contributed by atoms with Crippen molar-refractivity contribution in [3.05, 3.63) is 47.9 Å². The van der Waals surface area contributed by atoms with Crippen LogP contribution in [0.2, 0.25) is 0 Å². The molecule has 0 amide bonds. The predicted molar refractivity (Wildman–Crippen MR) is 56.4 cm³/mol. The predicted octanol–water partition coefficient (Wildman–Crippen LogP) is 2.23. The van der Waals surface area contributed by atoms with E-state index in [2.05, 4.69) is 15.5 Å². The van der Waals surface area contributed by atoms with Crippen LogP contribution in [0.3, 0.4) is 0 Å². The number of hydrogen-bond donors (Lipinski definition) is 1. The van der Waals surface area contributed by atoms with E-state index in [9.17, 15) is 4.39 Å². The molecule has 5 heteroatoms. The van der Waals surface area contributed by atoms with Crippen LogP contribution in [0.1, 0.15) is 5.69 Å². The Labute approximate surface area is 91.4 Å². The zero-order chi connectivity index (χ0) is 11.4. The number of rotatable bonds is 2. The third kappa shape index (κ3) is 2.30. The molecule has 1 aromatic heterocycles. The fourth-order valence-electron chi connectivity index (χ4n) is 1.14. The fraction of sp³-hybridized carbons (Fsp3) is 0. The quantitative estimate of drug-likeness (QED) is 0.832. The second-order valence-electron chi connectivity index (χ2n) is 3.05. The van der Waals surface area contributed by atoms with E-state index in [0.29, 0.717) is 11.5 Å². The summed E-state index contributed by atoms with van der Waals surface area (Å²) in [5.74, 6) is 0.210. The smallest absolute Gasteiger partial charge is 0.163 e. The van der Waals surface area contributed by atoms with Crippen molar-refractivity contribution >= 4 is 11.5 Å². The molecule has 2 aromatic rings. The van der Waals surface area contributed by atoms with Gasteiger partial charge in [0.2, 0.25) is 0 Å². The van der Waals surface area contributed by atoms with Gasteiger partial charge in [0, 0.05) is 5.69 Å². The summed E-state index contributed by atoms with van der Waals surface area (Å²) in [6.07, 6.45) is 0. The maximum Gasteiger partial charge on any atom is 0.163 e. The Morgan fingerprint density at radius 2 is 1.81 bits per heavy atom. The first-order valence-electron chi connectivity index (χ1n) is 4.54. The molecule has 0 saturated carbocycles. The van der Waals surface area contributed by atoms with Gasteiger partial charge in [0.15, 0.2) is 11.5 Å². The Hall–Kier alpha value is -2.48. The van der Waals surface area contributed by atoms with Crippen LogP contribution in [0, 0.1) is 17.1 Å². The van der Waals surface area contributed by atoms with Gasteiger partial charge in [-0.1, -0.05) is 0 Å². The summed E-state index contributed by atoms with van der Waals surface area (Å²) in [4.78, 5) is 0. The highest BCUT2D eigenvalue weighted by Crippen LogP contribution is 2.13. The Balaban J connectivity index is 2.15. The van der Waals surface area contributed by atoms with Gasteiger partial charge in [-0.3, -0.25) is 0 Å². The average molecular weight is 214 g/mol. The van der Waals surface area contributed by atoms with E-state index in [1.807, 2.05) is 6.07 Å². The first kappa shape index (κ1) is 10.1. The number of halogens is 1. The molecule has 0 unspecified atom stereocenters. The second kappa shape index (κ2) is 4.36. The van der Waals surface area contributed by atoms with Crippen LogP contribution in [0.25, 0.3) is 0 Å². The molecule has 0 aliphatic carbocycles. The second-order valence-corrected chi connectivity index (χ2v) is 3.05. The Bertz CT molecular complexity index is 513. The number of nitrogens with zero attached hydrogens (tertiary/aromatic N) is 3. The number of aromatic nitrogens is 2. The largest absolute Gasteiger partial charge is 0.339 e. The summed E-state index contributed by atoms with van der Waals surface area (Å²) < 4.78 is 12.6. The molecule has 1 N–H and O–H groups in total. The van der Waals surface area contributed by atoms with Crippen molar-refractivity contribution in [1.29, 1.82) is 5.26 Å². The normalized spacial score (nSPS) is 9.50. The third-order valence-corrected chi connectivity index (χ3v) is 1.90. The third-order valence-electron chi connectivity index (χ3n) is 1.90. The van der Waals surface area contributed by atoms with E-state index in [0.717, 1.165) is 0 Å². The van der Waals surface area contributed by atoms with Crippen LogP contribution in [0.5, 0.6) is 0 Å². The molecule has 0 aliphatic rings. The number of nitrogens with one attached hydrogen (secondary N) is 1. The van der Waals surface area contributed by atoms with Crippen molar-refractivity contribution in [2.75, 3.05) is 5.32 Å². The topological polar surface area (TPSA) is 61.6 Å². The van der Waals surface area contributed by atoms with Gasteiger partial charge in [-0.15, -0.1) is 10.2 Å². The lowest BCUT2D eigenvalue weighted by atomic mass is 10.3. The molecule has 0 spiro atoms. The lowest BCUT2D eigenvalue weighted by Gasteiger charge is -2.03. The van der Waals surface area contributed by atoms with Gasteiger partial charge < -0.3 is 5.32 Å². The Morgan fingerprint density at radius 3 is 2.38 bits per heavy atom. The van der Waals surface area contributed by atoms with Gasteiger partial charge in [-0.2, -0.15) is 5.26 Å². The van der Waals surface area contributed by atoms with Crippen molar-refractivity contribution < 1.29 is 4.39 Å². The molecule has 78 valence electrons. The van der Waals surface area contributed by atoms with Gasteiger partial charge in [0.05, 0.1) is 0 Å². The monoisotopic (exact) mass is 214 g/mol. The summed E-state index contributed by atoms with van der Waals surface area (Å²) >= 11 is 0. The van der Waals surface area contributed by atoms with E-state index < -0.39 is 0 Å². The maximum absolute atomic E-state index is 12.6. The molecule has 0 fully saturated rings. The zero-order valence-corrected chi connectivity index (χ0v) is 8.18. The first-order valence-corrected chi connectivity index (χ1v) is 4.54. The van der Waals surface area contributed by atoms with Crippen LogP contribution in [0.4, 0.5) is 15.9 Å². The van der Waals surface area contributed by atoms with Crippen LogP contribution in [0.15, 0.2) is 36.4 Å². The maximum atomic E-state index is 12.6. The minimum Gasteiger partial charge on any atom is -0.339 e. The molecule has 0 aliphatic heterocycles. The lowest BCUT2D eigenvalue weighted by Crippen LogP contribution is -1.96. The van der Waals surface area contributed by atoms with Crippen molar-refractivity contribution in [3.63, 3.8) is 0 Å². The molecular weight excluding hydrogens is 207 g/mol. The minimum atomic E-state index is -0.295. The van der Waals surface area contributed by atoms with Crippen molar-refractivity contribution in [1.82, 2.24) is 10.2 Å². The van der Waals surface area contributed by atoms with Crippen LogP contribution < -0.4 is 5.32 Å². The molecule has 1 heterocycles. The van der Waals surface area contributed by atoms with E-state index in [-0.39, 0.29) is 11.5 Å². The van der Waals surface area contributed by atoms with Crippen molar-refractivity contribution in [2.45, 2.75) is 0 Å². The SMILES string of the molecule is N#Cc1ccc(Nc2ccc(F)cc2)nn1. The summed E-state index contributed by atoms with van der Waals surface area (Å²) in [6, 6.07) is 10.9. The molecule has 1 aromatic carbocycles. The van der Waals surface area contributed by atoms with Gasteiger partial charge >= 0.3 is 0 Å². The van der Waals surface area contributed by atoms with Crippen molar-refractivity contribution in [3.8, 4) is 6.07 Å². The van der Waals surface area contributed by atoms with Crippen LogP contribution >= 0.6 is 0 Å². The first-order chi connectivity index (χ1) is 7.78. The summed E-state index contributed by atoms with van der Waals surface area (Å²) in [5.41, 5.74) is 0.963. The van der Waals surface area contributed by atoms with E-state index >= 15 is 0 Å². The summed E-state index contributed by atoms with van der Waals surface area (Å²) in [5, 5.41) is 18.9. The molecule has 0 radical (unpaired) electrons. The van der Waals surface area contributed by atoms with Gasteiger partial charge in [0.1, 0.15) is 11.9 Å². The number of anilines is 2. The average Bonchev–Trinajstić information content (AvgIpc) is 2.33. The number of nitriles is 1. The lowest BCUT2D eigenvalue weighted by molar-refractivity contribution is 0.628. The molecule has 16 heavy (non-hydrogen) atoms. The fourth-order valence-corrected chi connectivity index (χ4v) is 1.14. The number of benzene rings is 1. The highest BCUT2D eigenvalue weighted by atomic mass is 19.1. The Kier molecular flexibility index (Phi) is 2.74. The highest BCUT2D eigenvalue weighted by molar-refractivity contribution is 5.55. The van der Waals surface area contributed by atoms with E-state index in [1.165, 1.54) is 12.1 Å². The van der Waals surface area contributed by atoms with E-state index in [4.69, 9.17) is 5.26 Å². The molecule has 4 nitrogen and oxygen atoms in total. The van der Waals surface area contributed by atoms with Crippen LogP contribution in [-0.2, 0) is 0 Å². The van der Waals surface area contributed by atoms with Crippen molar-refractivity contribution in [2.24, 2.45) is 0 Å². The number of hydrogen-bond acceptors (Lipinski definition) is 4. The minimum absolute atomic E-state index is 0.254. The van der Waals surface area contributed by atoms with Gasteiger partial charge in [-0.25, -0.2) is 4.39 Å². The van der Waals surface area contributed by atoms with Gasteiger partial charge in [0.25, 0.3) is 0 Å². The van der Waals surface area contributed by atoms with Gasteiger partial charge in [-0.05, 0) is 36.4 Å². The van der Waals surface area contributed by atoms with Crippen LogP contribution in [-0.4, -0.2) is 10.2 Å². The molecule has 2 rings (SSSR count). The summed E-state index contributed by atoms with van der Waals surface area (Å²) in [6.45, 7) is 0. The summed E-state index contributed by atoms with van der Waals surface area (Å²) in [7, 11) is 0. The molecule has 0 atom stereocenters. The molecule has 0 saturated heterocycles.